The summed E-state index contributed by atoms with van der Waals surface area (Å²) in [6.07, 6.45) is 5.33. The third-order valence-electron chi connectivity index (χ3n) is 2.30. The Hall–Kier alpha value is -2.03. The van der Waals surface area contributed by atoms with E-state index in [1.165, 1.54) is 0 Å². The lowest BCUT2D eigenvalue weighted by Gasteiger charge is -2.03. The highest BCUT2D eigenvalue weighted by atomic mass is 16.5. The van der Waals surface area contributed by atoms with Gasteiger partial charge in [-0.25, -0.2) is 4.79 Å². The van der Waals surface area contributed by atoms with E-state index in [9.17, 15) is 4.79 Å². The summed E-state index contributed by atoms with van der Waals surface area (Å²) < 4.78 is 4.94. The number of rotatable bonds is 2. The Morgan fingerprint density at radius 2 is 2.12 bits per heavy atom. The van der Waals surface area contributed by atoms with Crippen molar-refractivity contribution >= 4 is 17.7 Å². The molecule has 82 valence electrons. The maximum atomic E-state index is 11.5. The van der Waals surface area contributed by atoms with Crippen LogP contribution in [0.3, 0.4) is 0 Å². The van der Waals surface area contributed by atoms with Crippen LogP contribution in [-0.4, -0.2) is 12.6 Å². The van der Waals surface area contributed by atoms with Crippen molar-refractivity contribution in [3.8, 4) is 0 Å². The van der Waals surface area contributed by atoms with Gasteiger partial charge >= 0.3 is 5.97 Å². The van der Waals surface area contributed by atoms with Crippen LogP contribution in [-0.2, 0) is 9.53 Å². The molecule has 16 heavy (non-hydrogen) atoms. The van der Waals surface area contributed by atoms with E-state index >= 15 is 0 Å². The van der Waals surface area contributed by atoms with Crippen molar-refractivity contribution in [2.45, 2.75) is 6.92 Å². The minimum atomic E-state index is -0.306. The summed E-state index contributed by atoms with van der Waals surface area (Å²) in [6, 6.07) is 7.86. The van der Waals surface area contributed by atoms with Gasteiger partial charge in [-0.3, -0.25) is 0 Å². The quantitative estimate of drug-likeness (QED) is 0.770. The highest BCUT2D eigenvalue weighted by molar-refractivity contribution is 5.94. The van der Waals surface area contributed by atoms with Crippen molar-refractivity contribution in [1.82, 2.24) is 0 Å². The molecular weight excluding hydrogens is 202 g/mol. The molecule has 0 spiro atoms. The van der Waals surface area contributed by atoms with Crippen LogP contribution < -0.4 is 5.32 Å². The highest BCUT2D eigenvalue weighted by Crippen LogP contribution is 2.21. The third kappa shape index (κ3) is 2.14. The minimum absolute atomic E-state index is 0.306. The molecule has 1 aromatic carbocycles. The Kier molecular flexibility index (Phi) is 3.05. The Bertz CT molecular complexity index is 461. The number of hydrogen-bond acceptors (Lipinski definition) is 3. The first-order valence-electron chi connectivity index (χ1n) is 5.22. The van der Waals surface area contributed by atoms with Gasteiger partial charge < -0.3 is 10.1 Å². The van der Waals surface area contributed by atoms with Gasteiger partial charge in [0.15, 0.2) is 0 Å². The number of nitrogens with one attached hydrogen (secondary N) is 1. The molecule has 1 aliphatic heterocycles. The summed E-state index contributed by atoms with van der Waals surface area (Å²) in [5, 5.41) is 3.09. The Morgan fingerprint density at radius 3 is 2.94 bits per heavy atom. The molecule has 0 atom stereocenters. The maximum absolute atomic E-state index is 11.5. The second-order valence-corrected chi connectivity index (χ2v) is 3.39. The average molecular weight is 215 g/mol. The molecular formula is C13H13NO2. The normalized spacial score (nSPS) is 13.2. The number of ether oxygens (including phenoxy) is 1. The molecule has 0 amide bonds. The van der Waals surface area contributed by atoms with Crippen LogP contribution >= 0.6 is 0 Å². The fraction of sp³-hybridized carbons (Fsp3) is 0.154. The van der Waals surface area contributed by atoms with Gasteiger partial charge in [0, 0.05) is 11.9 Å². The monoisotopic (exact) mass is 215 g/mol. The molecule has 0 aromatic heterocycles. The van der Waals surface area contributed by atoms with Crippen molar-refractivity contribution in [2.75, 3.05) is 11.9 Å². The van der Waals surface area contributed by atoms with Gasteiger partial charge in [-0.1, -0.05) is 24.3 Å². The number of anilines is 1. The molecule has 0 bridgehead atoms. The summed E-state index contributed by atoms with van der Waals surface area (Å²) in [6.45, 7) is 2.18. The maximum Gasteiger partial charge on any atom is 0.339 e. The zero-order chi connectivity index (χ0) is 11.4. The molecule has 3 nitrogen and oxygen atoms in total. The number of fused-ring (bicyclic) bond motifs is 1. The molecule has 0 unspecified atom stereocenters. The first-order valence-corrected chi connectivity index (χ1v) is 5.22. The molecule has 0 aliphatic carbocycles. The zero-order valence-electron chi connectivity index (χ0n) is 9.07. The second kappa shape index (κ2) is 4.66. The van der Waals surface area contributed by atoms with Gasteiger partial charge in [-0.2, -0.15) is 0 Å². The smallest absolute Gasteiger partial charge is 0.339 e. The molecule has 0 saturated heterocycles. The van der Waals surface area contributed by atoms with E-state index in [4.69, 9.17) is 4.74 Å². The Morgan fingerprint density at radius 1 is 1.31 bits per heavy atom. The van der Waals surface area contributed by atoms with Crippen molar-refractivity contribution in [1.29, 1.82) is 0 Å². The first-order chi connectivity index (χ1) is 7.81. The van der Waals surface area contributed by atoms with E-state index in [1.807, 2.05) is 30.3 Å². The van der Waals surface area contributed by atoms with Gasteiger partial charge in [0.25, 0.3) is 0 Å². The van der Waals surface area contributed by atoms with Crippen molar-refractivity contribution in [3.05, 3.63) is 47.7 Å². The lowest BCUT2D eigenvalue weighted by molar-refractivity contribution is -0.138. The number of hydrogen-bond donors (Lipinski definition) is 1. The zero-order valence-corrected chi connectivity index (χ0v) is 9.07. The molecule has 0 saturated carbocycles. The van der Waals surface area contributed by atoms with E-state index in [0.29, 0.717) is 12.2 Å². The lowest BCUT2D eigenvalue weighted by atomic mass is 10.1. The Balaban J connectivity index is 2.24. The van der Waals surface area contributed by atoms with E-state index < -0.39 is 0 Å². The van der Waals surface area contributed by atoms with Crippen LogP contribution in [0.25, 0.3) is 6.08 Å². The summed E-state index contributed by atoms with van der Waals surface area (Å²) in [5.74, 6) is -0.306. The molecule has 3 heteroatoms. The fourth-order valence-corrected chi connectivity index (χ4v) is 1.50. The fourth-order valence-electron chi connectivity index (χ4n) is 1.50. The van der Waals surface area contributed by atoms with E-state index in [0.717, 1.165) is 11.3 Å². The van der Waals surface area contributed by atoms with E-state index in [-0.39, 0.29) is 5.97 Å². The largest absolute Gasteiger partial charge is 0.462 e. The van der Waals surface area contributed by atoms with E-state index in [1.54, 1.807) is 19.2 Å². The van der Waals surface area contributed by atoms with Crippen molar-refractivity contribution in [2.24, 2.45) is 0 Å². The van der Waals surface area contributed by atoms with Gasteiger partial charge in [0.1, 0.15) is 0 Å². The van der Waals surface area contributed by atoms with Crippen LogP contribution in [0.4, 0.5) is 5.69 Å². The second-order valence-electron chi connectivity index (χ2n) is 3.39. The van der Waals surface area contributed by atoms with Crippen LogP contribution in [0.15, 0.2) is 42.1 Å². The van der Waals surface area contributed by atoms with Crippen LogP contribution in [0.5, 0.6) is 0 Å². The summed E-state index contributed by atoms with van der Waals surface area (Å²) in [5.41, 5.74) is 2.56. The summed E-state index contributed by atoms with van der Waals surface area (Å²) in [4.78, 5) is 11.5. The molecule has 1 heterocycles. The molecule has 1 N–H and O–H groups in total. The number of carbonyl (C=O) groups excluding carboxylic acids is 1. The van der Waals surface area contributed by atoms with Crippen LogP contribution in [0, 0.1) is 0 Å². The molecule has 1 aromatic rings. The lowest BCUT2D eigenvalue weighted by Crippen LogP contribution is -2.06. The molecule has 0 fully saturated rings. The number of para-hydroxylation sites is 1. The van der Waals surface area contributed by atoms with Gasteiger partial charge in [-0.15, -0.1) is 0 Å². The first kappa shape index (κ1) is 10.5. The third-order valence-corrected chi connectivity index (χ3v) is 2.30. The number of carbonyl (C=O) groups is 1. The van der Waals surface area contributed by atoms with Crippen LogP contribution in [0.1, 0.15) is 12.5 Å². The molecule has 2 rings (SSSR count). The Labute approximate surface area is 94.4 Å². The minimum Gasteiger partial charge on any atom is -0.462 e. The van der Waals surface area contributed by atoms with Gasteiger partial charge in [0.05, 0.1) is 12.2 Å². The number of benzene rings is 1. The van der Waals surface area contributed by atoms with E-state index in [2.05, 4.69) is 5.32 Å². The van der Waals surface area contributed by atoms with Crippen molar-refractivity contribution in [3.63, 3.8) is 0 Å². The molecule has 0 radical (unpaired) electrons. The van der Waals surface area contributed by atoms with Gasteiger partial charge in [-0.05, 0) is 24.6 Å². The van der Waals surface area contributed by atoms with Crippen LogP contribution in [0.2, 0.25) is 0 Å². The number of esters is 1. The predicted molar refractivity (Wildman–Crippen MR) is 63.8 cm³/mol. The SMILES string of the molecule is CCOC(=O)C1=CNc2ccccc2C=C1. The highest BCUT2D eigenvalue weighted by Gasteiger charge is 2.10. The topological polar surface area (TPSA) is 38.3 Å². The summed E-state index contributed by atoms with van der Waals surface area (Å²) >= 11 is 0. The molecule has 1 aliphatic rings. The van der Waals surface area contributed by atoms with Crippen molar-refractivity contribution < 1.29 is 9.53 Å². The average Bonchev–Trinajstić information content (AvgIpc) is 2.51. The van der Waals surface area contributed by atoms with Gasteiger partial charge in [0.2, 0.25) is 0 Å². The predicted octanol–water partition coefficient (Wildman–Crippen LogP) is 2.57. The summed E-state index contributed by atoms with van der Waals surface area (Å²) in [7, 11) is 0. The standard InChI is InChI=1S/C13H13NO2/c1-2-16-13(15)11-8-7-10-5-3-4-6-12(10)14-9-11/h3-9,14H,2H2,1H3.